The van der Waals surface area contributed by atoms with E-state index >= 15 is 0 Å². The summed E-state index contributed by atoms with van der Waals surface area (Å²) in [5, 5.41) is 11.6. The number of anilines is 1. The number of hydrogen-bond acceptors (Lipinski definition) is 7. The van der Waals surface area contributed by atoms with Crippen molar-refractivity contribution < 1.29 is 19.4 Å². The van der Waals surface area contributed by atoms with Crippen LogP contribution in [0.5, 0.6) is 0 Å². The smallest absolute Gasteiger partial charge is 0.407 e. The van der Waals surface area contributed by atoms with Gasteiger partial charge in [-0.1, -0.05) is 17.8 Å². The molecule has 1 aromatic rings. The highest BCUT2D eigenvalue weighted by atomic mass is 32.2. The summed E-state index contributed by atoms with van der Waals surface area (Å²) in [7, 11) is 1.47. The molecule has 0 spiro atoms. The van der Waals surface area contributed by atoms with Gasteiger partial charge in [-0.2, -0.15) is 0 Å². The van der Waals surface area contributed by atoms with Crippen molar-refractivity contribution in [2.24, 2.45) is 0 Å². The van der Waals surface area contributed by atoms with Gasteiger partial charge in [0.25, 0.3) is 0 Å². The Hall–Kier alpha value is -2.26. The Kier molecular flexibility index (Phi) is 8.79. The van der Waals surface area contributed by atoms with E-state index in [1.807, 2.05) is 19.1 Å². The van der Waals surface area contributed by atoms with Gasteiger partial charge in [-0.05, 0) is 19.9 Å². The molecule has 4 N–H and O–H groups in total. The largest absolute Gasteiger partial charge is 0.438 e. The van der Waals surface area contributed by atoms with Crippen LogP contribution >= 0.6 is 11.8 Å². The molecule has 1 heterocycles. The Morgan fingerprint density at radius 3 is 2.80 bits per heavy atom. The van der Waals surface area contributed by atoms with Crippen LogP contribution in [0.4, 0.5) is 10.6 Å². The van der Waals surface area contributed by atoms with Crippen molar-refractivity contribution in [3.05, 3.63) is 34.0 Å². The standard InChI is InChI=1S/C16H24N4O4S/c1-11-4-5-13(15(17)19-11)8-20(9-22)12(2)14(6-7-21)25-10-24-16(23)18-3/h4-5,9,21H,6-8,10H2,1-3H3,(H2,17,19)(H,18,23)/b14-12-. The summed E-state index contributed by atoms with van der Waals surface area (Å²) < 4.78 is 4.94. The van der Waals surface area contributed by atoms with E-state index < -0.39 is 6.09 Å². The van der Waals surface area contributed by atoms with Crippen molar-refractivity contribution in [2.45, 2.75) is 26.8 Å². The number of aryl methyl sites for hydroxylation is 1. The van der Waals surface area contributed by atoms with Gasteiger partial charge in [0.2, 0.25) is 6.41 Å². The summed E-state index contributed by atoms with van der Waals surface area (Å²) in [5.74, 6) is 0.451. The molecule has 0 fully saturated rings. The Morgan fingerprint density at radius 2 is 2.24 bits per heavy atom. The van der Waals surface area contributed by atoms with Gasteiger partial charge in [-0.15, -0.1) is 0 Å². The zero-order valence-electron chi connectivity index (χ0n) is 14.6. The van der Waals surface area contributed by atoms with Gasteiger partial charge < -0.3 is 25.8 Å². The normalized spacial score (nSPS) is 11.5. The number of ether oxygens (including phenoxy) is 1. The summed E-state index contributed by atoms with van der Waals surface area (Å²) in [6, 6.07) is 3.66. The van der Waals surface area contributed by atoms with E-state index in [-0.39, 0.29) is 19.1 Å². The number of nitrogens with one attached hydrogen (secondary N) is 1. The van der Waals surface area contributed by atoms with Gasteiger partial charge in [-0.25, -0.2) is 9.78 Å². The van der Waals surface area contributed by atoms with Crippen molar-refractivity contribution >= 4 is 30.1 Å². The fourth-order valence-corrected chi connectivity index (χ4v) is 2.87. The van der Waals surface area contributed by atoms with Crippen LogP contribution in [0.3, 0.4) is 0 Å². The zero-order chi connectivity index (χ0) is 18.8. The van der Waals surface area contributed by atoms with E-state index in [4.69, 9.17) is 10.5 Å². The number of rotatable bonds is 9. The van der Waals surface area contributed by atoms with Crippen LogP contribution in [-0.2, 0) is 16.1 Å². The first-order valence-corrected chi connectivity index (χ1v) is 8.63. The minimum absolute atomic E-state index is 0.0767. The monoisotopic (exact) mass is 368 g/mol. The quantitative estimate of drug-likeness (QED) is 0.447. The molecule has 0 bridgehead atoms. The molecule has 0 unspecified atom stereocenters. The molecule has 25 heavy (non-hydrogen) atoms. The van der Waals surface area contributed by atoms with E-state index in [2.05, 4.69) is 10.3 Å². The molecule has 0 saturated heterocycles. The van der Waals surface area contributed by atoms with Gasteiger partial charge >= 0.3 is 6.09 Å². The maximum atomic E-state index is 11.5. The topological polar surface area (TPSA) is 118 Å². The molecule has 138 valence electrons. The molecule has 0 saturated carbocycles. The van der Waals surface area contributed by atoms with E-state index in [0.29, 0.717) is 24.3 Å². The van der Waals surface area contributed by atoms with E-state index in [1.165, 1.54) is 23.7 Å². The number of pyridine rings is 1. The molecule has 1 aromatic heterocycles. The number of aliphatic hydroxyl groups excluding tert-OH is 1. The Balaban J connectivity index is 2.91. The number of alkyl carbamates (subject to hydrolysis) is 1. The minimum atomic E-state index is -0.542. The number of amides is 2. The summed E-state index contributed by atoms with van der Waals surface area (Å²) in [6.07, 6.45) is 0.505. The molecule has 0 aliphatic rings. The second-order valence-corrected chi connectivity index (χ2v) is 6.17. The number of carbonyl (C=O) groups is 2. The molecule has 8 nitrogen and oxygen atoms in total. The predicted octanol–water partition coefficient (Wildman–Crippen LogP) is 1.59. The SMILES string of the molecule is CNC(=O)OCS/C(CCO)=C(/C)N(C=O)Cc1ccc(C)nc1N. The number of thioether (sulfide) groups is 1. The van der Waals surface area contributed by atoms with E-state index in [0.717, 1.165) is 16.2 Å². The highest BCUT2D eigenvalue weighted by Gasteiger charge is 2.14. The van der Waals surface area contributed by atoms with Crippen molar-refractivity contribution in [3.63, 3.8) is 0 Å². The zero-order valence-corrected chi connectivity index (χ0v) is 15.4. The molecular weight excluding hydrogens is 344 g/mol. The van der Waals surface area contributed by atoms with Crippen LogP contribution in [0.2, 0.25) is 0 Å². The van der Waals surface area contributed by atoms with Gasteiger partial charge in [0, 0.05) is 41.9 Å². The average molecular weight is 368 g/mol. The lowest BCUT2D eigenvalue weighted by Gasteiger charge is -2.22. The predicted molar refractivity (Wildman–Crippen MR) is 97.4 cm³/mol. The maximum absolute atomic E-state index is 11.5. The third-order valence-electron chi connectivity index (χ3n) is 3.42. The van der Waals surface area contributed by atoms with Gasteiger partial charge in [0.1, 0.15) is 11.8 Å². The molecule has 0 aromatic carbocycles. The van der Waals surface area contributed by atoms with Crippen LogP contribution in [0.25, 0.3) is 0 Å². The molecule has 0 aliphatic heterocycles. The van der Waals surface area contributed by atoms with Gasteiger partial charge in [-0.3, -0.25) is 4.79 Å². The molecular formula is C16H24N4O4S. The Bertz CT molecular complexity index is 637. The Labute approximate surface area is 151 Å². The molecule has 1 rings (SSSR count). The van der Waals surface area contributed by atoms with Crippen LogP contribution in [0.1, 0.15) is 24.6 Å². The summed E-state index contributed by atoms with van der Waals surface area (Å²) in [4.78, 5) is 29.1. The van der Waals surface area contributed by atoms with Crippen LogP contribution in [0, 0.1) is 6.92 Å². The van der Waals surface area contributed by atoms with E-state index in [1.54, 1.807) is 6.92 Å². The number of nitrogen functional groups attached to an aromatic ring is 1. The van der Waals surface area contributed by atoms with Crippen molar-refractivity contribution in [1.29, 1.82) is 0 Å². The van der Waals surface area contributed by atoms with Crippen molar-refractivity contribution in [2.75, 3.05) is 25.3 Å². The number of nitrogens with zero attached hydrogens (tertiary/aromatic N) is 2. The fraction of sp³-hybridized carbons (Fsp3) is 0.438. The Morgan fingerprint density at radius 1 is 1.52 bits per heavy atom. The lowest BCUT2D eigenvalue weighted by Crippen LogP contribution is -2.22. The lowest BCUT2D eigenvalue weighted by molar-refractivity contribution is -0.116. The van der Waals surface area contributed by atoms with Crippen LogP contribution < -0.4 is 11.1 Å². The van der Waals surface area contributed by atoms with Crippen LogP contribution in [-0.4, -0.2) is 47.1 Å². The first kappa shape index (κ1) is 20.8. The number of aromatic nitrogens is 1. The molecule has 0 atom stereocenters. The minimum Gasteiger partial charge on any atom is -0.438 e. The third-order valence-corrected chi connectivity index (χ3v) is 4.50. The second kappa shape index (κ2) is 10.6. The number of nitrogens with two attached hydrogens (primary N) is 1. The fourth-order valence-electron chi connectivity index (χ4n) is 2.00. The van der Waals surface area contributed by atoms with Gasteiger partial charge in [0.05, 0.1) is 6.54 Å². The summed E-state index contributed by atoms with van der Waals surface area (Å²) in [6.45, 7) is 3.79. The molecule has 2 amide bonds. The first-order valence-electron chi connectivity index (χ1n) is 7.64. The number of allylic oxidation sites excluding steroid dienone is 1. The first-order chi connectivity index (χ1) is 11.9. The number of hydrogen-bond donors (Lipinski definition) is 3. The second-order valence-electron chi connectivity index (χ2n) is 5.16. The summed E-state index contributed by atoms with van der Waals surface area (Å²) in [5.41, 5.74) is 8.10. The molecule has 0 radical (unpaired) electrons. The van der Waals surface area contributed by atoms with E-state index in [9.17, 15) is 14.7 Å². The highest BCUT2D eigenvalue weighted by Crippen LogP contribution is 2.26. The van der Waals surface area contributed by atoms with Gasteiger partial charge in [0.15, 0.2) is 0 Å². The highest BCUT2D eigenvalue weighted by molar-refractivity contribution is 8.02. The number of aliphatic hydroxyl groups is 1. The van der Waals surface area contributed by atoms with Crippen molar-refractivity contribution in [1.82, 2.24) is 15.2 Å². The summed E-state index contributed by atoms with van der Waals surface area (Å²) >= 11 is 1.25. The maximum Gasteiger partial charge on any atom is 0.407 e. The molecule has 9 heteroatoms. The average Bonchev–Trinajstić information content (AvgIpc) is 2.59. The van der Waals surface area contributed by atoms with Crippen molar-refractivity contribution in [3.8, 4) is 0 Å². The molecule has 0 aliphatic carbocycles. The lowest BCUT2D eigenvalue weighted by atomic mass is 10.2. The number of carbonyl (C=O) groups excluding carboxylic acids is 2. The van der Waals surface area contributed by atoms with Crippen LogP contribution in [0.15, 0.2) is 22.7 Å². The third kappa shape index (κ3) is 6.63.